The topological polar surface area (TPSA) is 106 Å². The molecule has 0 radical (unpaired) electrons. The average Bonchev–Trinajstić information content (AvgIpc) is 3.08. The third kappa shape index (κ3) is 2.70. The highest BCUT2D eigenvalue weighted by atomic mass is 32.2. The maximum absolute atomic E-state index is 12.4. The summed E-state index contributed by atoms with van der Waals surface area (Å²) in [6.45, 7) is 4.67. The van der Waals surface area contributed by atoms with Crippen LogP contribution in [-0.2, 0) is 16.6 Å². The Kier molecular flexibility index (Phi) is 3.54. The van der Waals surface area contributed by atoms with E-state index >= 15 is 0 Å². The van der Waals surface area contributed by atoms with Crippen molar-refractivity contribution in [1.29, 1.82) is 0 Å². The summed E-state index contributed by atoms with van der Waals surface area (Å²) in [7, 11) is -3.64. The summed E-state index contributed by atoms with van der Waals surface area (Å²) in [5.41, 5.74) is 0. The first-order valence-electron chi connectivity index (χ1n) is 6.92. The van der Waals surface area contributed by atoms with E-state index in [9.17, 15) is 8.42 Å². The average molecular weight is 310 g/mol. The zero-order valence-electron chi connectivity index (χ0n) is 11.9. The minimum Gasteiger partial charge on any atom is -0.332 e. The van der Waals surface area contributed by atoms with Crippen LogP contribution < -0.4 is 4.72 Å². The number of sulfonamides is 1. The van der Waals surface area contributed by atoms with Gasteiger partial charge in [-0.05, 0) is 12.8 Å². The molecular weight excluding hydrogens is 292 g/mol. The molecule has 0 aliphatic carbocycles. The molecule has 0 fully saturated rings. The molecule has 2 aromatic heterocycles. The van der Waals surface area contributed by atoms with Gasteiger partial charge in [0.15, 0.2) is 5.03 Å². The Morgan fingerprint density at radius 2 is 2.24 bits per heavy atom. The number of aromatic nitrogens is 5. The standard InChI is InChI=1S/C12H18N6O2S/c1-8(2)11-13-6-10(16-11)21(19,20)17-9-4-3-5-18-12(9)14-7-15-18/h6-9,17H,3-5H2,1-2H3,(H,13,16)/t9-/m1/s1. The molecule has 114 valence electrons. The van der Waals surface area contributed by atoms with Crippen LogP contribution in [-0.4, -0.2) is 33.2 Å². The van der Waals surface area contributed by atoms with Crippen molar-refractivity contribution in [3.63, 3.8) is 0 Å². The highest BCUT2D eigenvalue weighted by molar-refractivity contribution is 7.89. The van der Waals surface area contributed by atoms with Crippen LogP contribution in [0, 0.1) is 0 Å². The van der Waals surface area contributed by atoms with Crippen LogP contribution in [0.1, 0.15) is 50.3 Å². The smallest absolute Gasteiger partial charge is 0.258 e. The van der Waals surface area contributed by atoms with E-state index in [-0.39, 0.29) is 17.0 Å². The Labute approximate surface area is 123 Å². The number of hydrogen-bond acceptors (Lipinski definition) is 5. The van der Waals surface area contributed by atoms with E-state index in [1.54, 1.807) is 4.68 Å². The molecule has 1 aliphatic rings. The highest BCUT2D eigenvalue weighted by Gasteiger charge is 2.28. The summed E-state index contributed by atoms with van der Waals surface area (Å²) in [6.07, 6.45) is 4.38. The fourth-order valence-electron chi connectivity index (χ4n) is 2.40. The van der Waals surface area contributed by atoms with Crippen molar-refractivity contribution in [3.8, 4) is 0 Å². The summed E-state index contributed by atoms with van der Waals surface area (Å²) in [4.78, 5) is 11.1. The van der Waals surface area contributed by atoms with Crippen LogP contribution in [0.15, 0.2) is 17.6 Å². The highest BCUT2D eigenvalue weighted by Crippen LogP contribution is 2.24. The lowest BCUT2D eigenvalue weighted by atomic mass is 10.1. The Hall–Kier alpha value is -1.74. The number of imidazole rings is 1. The minimum absolute atomic E-state index is 0.0860. The molecule has 0 bridgehead atoms. The zero-order chi connectivity index (χ0) is 15.0. The van der Waals surface area contributed by atoms with E-state index in [0.29, 0.717) is 18.1 Å². The van der Waals surface area contributed by atoms with Gasteiger partial charge < -0.3 is 4.98 Å². The molecule has 0 spiro atoms. The first-order valence-corrected chi connectivity index (χ1v) is 8.40. The molecule has 3 rings (SSSR count). The molecule has 0 amide bonds. The monoisotopic (exact) mass is 310 g/mol. The van der Waals surface area contributed by atoms with Crippen molar-refractivity contribution in [3.05, 3.63) is 24.2 Å². The van der Waals surface area contributed by atoms with Crippen LogP contribution in [0.2, 0.25) is 0 Å². The van der Waals surface area contributed by atoms with E-state index in [2.05, 4.69) is 24.8 Å². The predicted molar refractivity (Wildman–Crippen MR) is 75.0 cm³/mol. The molecule has 2 N–H and O–H groups in total. The van der Waals surface area contributed by atoms with Gasteiger partial charge >= 0.3 is 0 Å². The number of fused-ring (bicyclic) bond motifs is 1. The van der Waals surface area contributed by atoms with Crippen molar-refractivity contribution in [2.45, 2.75) is 50.2 Å². The summed E-state index contributed by atoms with van der Waals surface area (Å²) in [5, 5.41) is 4.17. The number of rotatable bonds is 4. The lowest BCUT2D eigenvalue weighted by Crippen LogP contribution is -2.33. The summed E-state index contributed by atoms with van der Waals surface area (Å²) < 4.78 is 29.3. The lowest BCUT2D eigenvalue weighted by Gasteiger charge is -2.22. The fraction of sp³-hybridized carbons (Fsp3) is 0.583. The molecule has 1 aliphatic heterocycles. The van der Waals surface area contributed by atoms with Gasteiger partial charge in [-0.2, -0.15) is 9.82 Å². The van der Waals surface area contributed by atoms with E-state index in [4.69, 9.17) is 0 Å². The summed E-state index contributed by atoms with van der Waals surface area (Å²) in [5.74, 6) is 1.46. The summed E-state index contributed by atoms with van der Waals surface area (Å²) in [6, 6.07) is -0.350. The normalized spacial score (nSPS) is 18.9. The Bertz CT molecular complexity index is 733. The molecule has 2 aromatic rings. The maximum atomic E-state index is 12.4. The minimum atomic E-state index is -3.64. The Morgan fingerprint density at radius 3 is 2.95 bits per heavy atom. The van der Waals surface area contributed by atoms with Crippen LogP contribution >= 0.6 is 0 Å². The lowest BCUT2D eigenvalue weighted by molar-refractivity contribution is 0.399. The third-order valence-electron chi connectivity index (χ3n) is 3.53. The largest absolute Gasteiger partial charge is 0.332 e. The molecule has 9 heteroatoms. The predicted octanol–water partition coefficient (Wildman–Crippen LogP) is 0.938. The van der Waals surface area contributed by atoms with Gasteiger partial charge in [0.05, 0.1) is 12.2 Å². The molecule has 0 saturated heterocycles. The quantitative estimate of drug-likeness (QED) is 0.874. The van der Waals surface area contributed by atoms with Gasteiger partial charge in [0.25, 0.3) is 10.0 Å². The van der Waals surface area contributed by atoms with Crippen LogP contribution in [0.25, 0.3) is 0 Å². The van der Waals surface area contributed by atoms with Gasteiger partial charge in [-0.15, -0.1) is 0 Å². The van der Waals surface area contributed by atoms with E-state index in [0.717, 1.165) is 13.0 Å². The number of nitrogens with one attached hydrogen (secondary N) is 2. The van der Waals surface area contributed by atoms with Crippen molar-refractivity contribution in [1.82, 2.24) is 29.5 Å². The molecule has 0 aromatic carbocycles. The Balaban J connectivity index is 1.84. The van der Waals surface area contributed by atoms with E-state index in [1.165, 1.54) is 12.5 Å². The first-order chi connectivity index (χ1) is 9.97. The third-order valence-corrected chi connectivity index (χ3v) is 4.91. The second kappa shape index (κ2) is 5.23. The molecular formula is C12H18N6O2S. The molecule has 0 saturated carbocycles. The number of aryl methyl sites for hydroxylation is 1. The van der Waals surface area contributed by atoms with E-state index in [1.807, 2.05) is 13.8 Å². The molecule has 21 heavy (non-hydrogen) atoms. The maximum Gasteiger partial charge on any atom is 0.258 e. The van der Waals surface area contributed by atoms with Gasteiger partial charge in [-0.1, -0.05) is 13.8 Å². The first kappa shape index (κ1) is 14.2. The molecule has 0 unspecified atom stereocenters. The van der Waals surface area contributed by atoms with E-state index < -0.39 is 10.0 Å². The van der Waals surface area contributed by atoms with Crippen molar-refractivity contribution < 1.29 is 8.42 Å². The SMILES string of the molecule is CC(C)c1ncc(S(=O)(=O)N[C@@H]2CCCn3ncnc32)[nH]1. The second-order valence-corrected chi connectivity index (χ2v) is 7.13. The number of aromatic amines is 1. The van der Waals surface area contributed by atoms with Gasteiger partial charge in [0.1, 0.15) is 18.0 Å². The van der Waals surface area contributed by atoms with Gasteiger partial charge in [0, 0.05) is 12.5 Å². The zero-order valence-corrected chi connectivity index (χ0v) is 12.8. The van der Waals surface area contributed by atoms with Gasteiger partial charge in [-0.25, -0.2) is 23.1 Å². The van der Waals surface area contributed by atoms with Crippen molar-refractivity contribution in [2.75, 3.05) is 0 Å². The van der Waals surface area contributed by atoms with Crippen LogP contribution in [0.5, 0.6) is 0 Å². The molecule has 1 atom stereocenters. The van der Waals surface area contributed by atoms with Crippen molar-refractivity contribution >= 4 is 10.0 Å². The molecule has 8 nitrogen and oxygen atoms in total. The second-order valence-electron chi connectivity index (χ2n) is 5.44. The summed E-state index contributed by atoms with van der Waals surface area (Å²) >= 11 is 0. The fourth-order valence-corrected chi connectivity index (χ4v) is 3.56. The van der Waals surface area contributed by atoms with Crippen LogP contribution in [0.3, 0.4) is 0 Å². The van der Waals surface area contributed by atoms with Crippen LogP contribution in [0.4, 0.5) is 0 Å². The number of H-pyrrole nitrogens is 1. The van der Waals surface area contributed by atoms with Gasteiger partial charge in [0.2, 0.25) is 0 Å². The number of nitrogens with zero attached hydrogens (tertiary/aromatic N) is 4. The number of hydrogen-bond donors (Lipinski definition) is 2. The molecule has 3 heterocycles. The Morgan fingerprint density at radius 1 is 1.43 bits per heavy atom. The van der Waals surface area contributed by atoms with Crippen molar-refractivity contribution in [2.24, 2.45) is 0 Å². The van der Waals surface area contributed by atoms with Gasteiger partial charge in [-0.3, -0.25) is 0 Å².